The van der Waals surface area contributed by atoms with Crippen LogP contribution in [0.3, 0.4) is 0 Å². The van der Waals surface area contributed by atoms with Gasteiger partial charge in [0.15, 0.2) is 11.0 Å². The number of aryl methyl sites for hydroxylation is 1. The molecule has 4 aromatic rings. The number of anilines is 1. The highest BCUT2D eigenvalue weighted by molar-refractivity contribution is 8.00. The summed E-state index contributed by atoms with van der Waals surface area (Å²) in [6.45, 7) is 2.52. The largest absolute Gasteiger partial charge is 0.497 e. The Balaban J connectivity index is 1.58. The molecule has 0 spiro atoms. The van der Waals surface area contributed by atoms with Crippen molar-refractivity contribution in [1.29, 1.82) is 0 Å². The number of nitrogens with one attached hydrogen (secondary N) is 1. The molecule has 35 heavy (non-hydrogen) atoms. The highest BCUT2D eigenvalue weighted by Gasteiger charge is 2.22. The Labute approximate surface area is 209 Å². The number of rotatable bonds is 10. The Kier molecular flexibility index (Phi) is 8.05. The average Bonchev–Trinajstić information content (AvgIpc) is 3.29. The van der Waals surface area contributed by atoms with Crippen LogP contribution >= 0.6 is 11.8 Å². The van der Waals surface area contributed by atoms with E-state index < -0.39 is 5.25 Å². The molecule has 0 radical (unpaired) electrons. The summed E-state index contributed by atoms with van der Waals surface area (Å²) in [5.74, 6) is 1.99. The topological polar surface area (TPSA) is 78.3 Å². The molecule has 3 aromatic carbocycles. The van der Waals surface area contributed by atoms with Crippen LogP contribution in [-0.4, -0.2) is 40.1 Å². The summed E-state index contributed by atoms with van der Waals surface area (Å²) in [6, 6.07) is 25.3. The molecule has 0 bridgehead atoms. The number of methoxy groups -OCH3 is 2. The predicted octanol–water partition coefficient (Wildman–Crippen LogP) is 5.32. The lowest BCUT2D eigenvalue weighted by Gasteiger charge is -2.15. The zero-order valence-corrected chi connectivity index (χ0v) is 20.8. The van der Waals surface area contributed by atoms with Gasteiger partial charge in [0, 0.05) is 18.3 Å². The number of nitrogens with zero attached hydrogens (tertiary/aromatic N) is 3. The molecule has 4 rings (SSSR count). The van der Waals surface area contributed by atoms with Crippen molar-refractivity contribution in [3.63, 3.8) is 0 Å². The smallest absolute Gasteiger partial charge is 0.237 e. The molecule has 180 valence electrons. The van der Waals surface area contributed by atoms with E-state index in [0.29, 0.717) is 29.0 Å². The number of carbonyl (C=O) groups is 1. The second kappa shape index (κ2) is 11.6. The van der Waals surface area contributed by atoms with Crippen molar-refractivity contribution in [2.75, 3.05) is 19.5 Å². The van der Waals surface area contributed by atoms with Crippen molar-refractivity contribution in [1.82, 2.24) is 14.8 Å². The Bertz CT molecular complexity index is 1280. The van der Waals surface area contributed by atoms with Gasteiger partial charge in [-0.3, -0.25) is 4.79 Å². The lowest BCUT2D eigenvalue weighted by atomic mass is 10.1. The molecule has 1 atom stereocenters. The zero-order valence-electron chi connectivity index (χ0n) is 20.0. The number of para-hydroxylation sites is 1. The van der Waals surface area contributed by atoms with Crippen molar-refractivity contribution in [2.45, 2.75) is 30.3 Å². The Morgan fingerprint density at radius 1 is 0.971 bits per heavy atom. The fourth-order valence-electron chi connectivity index (χ4n) is 3.65. The molecule has 0 aliphatic carbocycles. The molecule has 0 aliphatic rings. The van der Waals surface area contributed by atoms with E-state index in [9.17, 15) is 4.79 Å². The fraction of sp³-hybridized carbons (Fsp3) is 0.222. The zero-order chi connectivity index (χ0) is 24.6. The number of hydrogen-bond donors (Lipinski definition) is 1. The first-order valence-electron chi connectivity index (χ1n) is 11.3. The van der Waals surface area contributed by atoms with E-state index in [2.05, 4.69) is 32.2 Å². The van der Waals surface area contributed by atoms with Crippen LogP contribution in [0.15, 0.2) is 84.0 Å². The maximum Gasteiger partial charge on any atom is 0.237 e. The molecule has 1 aromatic heterocycles. The predicted molar refractivity (Wildman–Crippen MR) is 139 cm³/mol. The van der Waals surface area contributed by atoms with Crippen LogP contribution in [0.4, 0.5) is 5.69 Å². The van der Waals surface area contributed by atoms with Gasteiger partial charge in [0.1, 0.15) is 11.5 Å². The van der Waals surface area contributed by atoms with Crippen LogP contribution in [0.1, 0.15) is 12.5 Å². The molecular formula is C27H28N4O3S. The second-order valence-corrected chi connectivity index (χ2v) is 9.18. The van der Waals surface area contributed by atoms with Crippen LogP contribution in [0.2, 0.25) is 0 Å². The fourth-order valence-corrected chi connectivity index (χ4v) is 4.52. The van der Waals surface area contributed by atoms with E-state index in [-0.39, 0.29) is 5.91 Å². The number of carbonyl (C=O) groups excluding carboxylic acids is 1. The van der Waals surface area contributed by atoms with E-state index in [1.54, 1.807) is 20.3 Å². The first-order valence-corrected chi connectivity index (χ1v) is 12.2. The number of thioether (sulfide) groups is 1. The molecule has 0 fully saturated rings. The Morgan fingerprint density at radius 2 is 1.74 bits per heavy atom. The summed E-state index contributed by atoms with van der Waals surface area (Å²) in [6.07, 6.45) is 0.805. The Hall–Kier alpha value is -3.78. The van der Waals surface area contributed by atoms with E-state index in [1.807, 2.05) is 67.6 Å². The normalized spacial score (nSPS) is 11.6. The SMILES string of the molecule is COc1cccc(NC(=O)[C@@H](C)Sc2nnc(-c3ccccc3OC)n2CCc2ccccc2)c1. The van der Waals surface area contributed by atoms with Crippen molar-refractivity contribution >= 4 is 23.4 Å². The van der Waals surface area contributed by atoms with Crippen molar-refractivity contribution < 1.29 is 14.3 Å². The molecule has 0 saturated carbocycles. The molecule has 0 unspecified atom stereocenters. The van der Waals surface area contributed by atoms with Crippen LogP contribution in [0.25, 0.3) is 11.4 Å². The first-order chi connectivity index (χ1) is 17.1. The number of benzene rings is 3. The van der Waals surface area contributed by atoms with Crippen molar-refractivity contribution in [2.24, 2.45) is 0 Å². The van der Waals surface area contributed by atoms with E-state index in [4.69, 9.17) is 9.47 Å². The number of aromatic nitrogens is 3. The van der Waals surface area contributed by atoms with Gasteiger partial charge in [-0.25, -0.2) is 0 Å². The summed E-state index contributed by atoms with van der Waals surface area (Å²) in [5, 5.41) is 12.2. The minimum Gasteiger partial charge on any atom is -0.497 e. The third kappa shape index (κ3) is 6.02. The van der Waals surface area contributed by atoms with Crippen LogP contribution < -0.4 is 14.8 Å². The molecule has 1 amide bonds. The Morgan fingerprint density at radius 3 is 2.51 bits per heavy atom. The van der Waals surface area contributed by atoms with Gasteiger partial charge in [0.2, 0.25) is 5.91 Å². The second-order valence-electron chi connectivity index (χ2n) is 7.87. The van der Waals surface area contributed by atoms with E-state index >= 15 is 0 Å². The maximum absolute atomic E-state index is 12.9. The highest BCUT2D eigenvalue weighted by Crippen LogP contribution is 2.32. The van der Waals surface area contributed by atoms with Gasteiger partial charge in [0.05, 0.1) is 25.0 Å². The summed E-state index contributed by atoms with van der Waals surface area (Å²) < 4.78 is 12.9. The standard InChI is InChI=1S/C27H28N4O3S/c1-19(26(32)28-21-12-9-13-22(18-21)33-2)35-27-30-29-25(23-14-7-8-15-24(23)34-3)31(27)17-16-20-10-5-4-6-11-20/h4-15,18-19H,16-17H2,1-3H3,(H,28,32)/t19-/m1/s1. The molecule has 0 aliphatic heterocycles. The van der Waals surface area contributed by atoms with E-state index in [0.717, 1.165) is 17.7 Å². The minimum atomic E-state index is -0.397. The summed E-state index contributed by atoms with van der Waals surface area (Å²) in [7, 11) is 3.24. The van der Waals surface area contributed by atoms with Gasteiger partial charge in [0.25, 0.3) is 0 Å². The first kappa shape index (κ1) is 24.3. The summed E-state index contributed by atoms with van der Waals surface area (Å²) in [4.78, 5) is 12.9. The van der Waals surface area contributed by atoms with Crippen molar-refractivity contribution in [3.8, 4) is 22.9 Å². The molecule has 0 saturated heterocycles. The molecule has 8 heteroatoms. The minimum absolute atomic E-state index is 0.125. The average molecular weight is 489 g/mol. The molecule has 1 N–H and O–H groups in total. The van der Waals surface area contributed by atoms with Crippen LogP contribution in [0, 0.1) is 0 Å². The van der Waals surface area contributed by atoms with Gasteiger partial charge in [-0.15, -0.1) is 10.2 Å². The number of ether oxygens (including phenoxy) is 2. The van der Waals surface area contributed by atoms with Crippen LogP contribution in [0.5, 0.6) is 11.5 Å². The maximum atomic E-state index is 12.9. The third-order valence-electron chi connectivity index (χ3n) is 5.52. The van der Waals surface area contributed by atoms with Crippen LogP contribution in [-0.2, 0) is 17.8 Å². The summed E-state index contributed by atoms with van der Waals surface area (Å²) >= 11 is 1.38. The molecule has 1 heterocycles. The van der Waals surface area contributed by atoms with Crippen molar-refractivity contribution in [3.05, 3.63) is 84.4 Å². The number of amides is 1. The highest BCUT2D eigenvalue weighted by atomic mass is 32.2. The number of hydrogen-bond acceptors (Lipinski definition) is 6. The lowest BCUT2D eigenvalue weighted by molar-refractivity contribution is -0.115. The van der Waals surface area contributed by atoms with Gasteiger partial charge < -0.3 is 19.4 Å². The quantitative estimate of drug-likeness (QED) is 0.304. The van der Waals surface area contributed by atoms with Gasteiger partial charge in [-0.2, -0.15) is 0 Å². The molecular weight excluding hydrogens is 460 g/mol. The van der Waals surface area contributed by atoms with E-state index in [1.165, 1.54) is 17.3 Å². The monoisotopic (exact) mass is 488 g/mol. The van der Waals surface area contributed by atoms with Gasteiger partial charge in [-0.05, 0) is 43.2 Å². The third-order valence-corrected chi connectivity index (χ3v) is 6.60. The summed E-state index contributed by atoms with van der Waals surface area (Å²) in [5.41, 5.74) is 2.75. The van der Waals surface area contributed by atoms with Gasteiger partial charge >= 0.3 is 0 Å². The molecule has 7 nitrogen and oxygen atoms in total. The lowest BCUT2D eigenvalue weighted by Crippen LogP contribution is -2.23. The van der Waals surface area contributed by atoms with Gasteiger partial charge in [-0.1, -0.05) is 60.3 Å².